The van der Waals surface area contributed by atoms with Gasteiger partial charge in [0.2, 0.25) is 0 Å². The molecular formula is C18H16O2S. The lowest BCUT2D eigenvalue weighted by Crippen LogP contribution is -1.97. The summed E-state index contributed by atoms with van der Waals surface area (Å²) in [6.07, 6.45) is 3.68. The van der Waals surface area contributed by atoms with E-state index in [0.717, 1.165) is 10.4 Å². The number of rotatable bonds is 3. The maximum Gasteiger partial charge on any atom is 0.343 e. The van der Waals surface area contributed by atoms with Crippen LogP contribution in [0.25, 0.3) is 11.8 Å². The van der Waals surface area contributed by atoms with Crippen LogP contribution in [0.15, 0.2) is 53.4 Å². The molecule has 0 N–H and O–H groups in total. The highest BCUT2D eigenvalue weighted by molar-refractivity contribution is 7.10. The Bertz CT molecular complexity index is 704. The zero-order valence-corrected chi connectivity index (χ0v) is 12.8. The minimum Gasteiger partial charge on any atom is -0.422 e. The first-order valence-electron chi connectivity index (χ1n) is 6.93. The topological polar surface area (TPSA) is 26.3 Å². The van der Waals surface area contributed by atoms with Gasteiger partial charge in [0.25, 0.3) is 0 Å². The minimum absolute atomic E-state index is 0.286. The quantitative estimate of drug-likeness (QED) is 0.597. The molecule has 0 saturated carbocycles. The van der Waals surface area contributed by atoms with Crippen LogP contribution in [0.5, 0.6) is 0 Å². The number of benzene rings is 1. The van der Waals surface area contributed by atoms with Gasteiger partial charge >= 0.3 is 5.97 Å². The normalized spacial score (nSPS) is 16.4. The maximum atomic E-state index is 11.9. The van der Waals surface area contributed by atoms with E-state index in [1.54, 1.807) is 11.3 Å². The van der Waals surface area contributed by atoms with Crippen LogP contribution in [-0.4, -0.2) is 5.97 Å². The average Bonchev–Trinajstić information content (AvgIpc) is 3.10. The van der Waals surface area contributed by atoms with E-state index < -0.39 is 0 Å². The van der Waals surface area contributed by atoms with E-state index in [1.807, 2.05) is 41.8 Å². The molecule has 0 fully saturated rings. The smallest absolute Gasteiger partial charge is 0.343 e. The van der Waals surface area contributed by atoms with Crippen molar-refractivity contribution in [2.45, 2.75) is 19.8 Å². The van der Waals surface area contributed by atoms with Crippen molar-refractivity contribution in [3.8, 4) is 0 Å². The van der Waals surface area contributed by atoms with Crippen molar-refractivity contribution in [2.75, 3.05) is 0 Å². The highest BCUT2D eigenvalue weighted by Crippen LogP contribution is 2.29. The van der Waals surface area contributed by atoms with Crippen LogP contribution < -0.4 is 0 Å². The first-order valence-corrected chi connectivity index (χ1v) is 7.81. The Morgan fingerprint density at radius 3 is 2.52 bits per heavy atom. The van der Waals surface area contributed by atoms with Crippen molar-refractivity contribution >= 4 is 29.1 Å². The fourth-order valence-corrected chi connectivity index (χ4v) is 2.86. The van der Waals surface area contributed by atoms with Crippen LogP contribution in [0.2, 0.25) is 0 Å². The zero-order chi connectivity index (χ0) is 14.8. The summed E-state index contributed by atoms with van der Waals surface area (Å²) in [5.74, 6) is 0.831. The van der Waals surface area contributed by atoms with Gasteiger partial charge in [-0.25, -0.2) is 4.79 Å². The Morgan fingerprint density at radius 1 is 1.14 bits per heavy atom. The van der Waals surface area contributed by atoms with E-state index in [1.165, 1.54) is 5.56 Å². The Kier molecular flexibility index (Phi) is 3.76. The van der Waals surface area contributed by atoms with E-state index in [0.29, 0.717) is 17.3 Å². The van der Waals surface area contributed by atoms with Gasteiger partial charge in [-0.15, -0.1) is 11.3 Å². The van der Waals surface area contributed by atoms with Crippen molar-refractivity contribution in [3.63, 3.8) is 0 Å². The zero-order valence-electron chi connectivity index (χ0n) is 12.0. The molecule has 0 atom stereocenters. The molecule has 106 valence electrons. The van der Waals surface area contributed by atoms with E-state index in [4.69, 9.17) is 4.74 Å². The molecule has 21 heavy (non-hydrogen) atoms. The highest BCUT2D eigenvalue weighted by Gasteiger charge is 2.22. The number of thiophene rings is 1. The lowest BCUT2D eigenvalue weighted by molar-refractivity contribution is -0.130. The minimum atomic E-state index is -0.286. The van der Waals surface area contributed by atoms with Gasteiger partial charge < -0.3 is 4.74 Å². The Hall–Kier alpha value is -2.13. The van der Waals surface area contributed by atoms with E-state index in [2.05, 4.69) is 26.0 Å². The monoisotopic (exact) mass is 296 g/mol. The molecule has 1 aromatic carbocycles. The van der Waals surface area contributed by atoms with E-state index in [9.17, 15) is 4.79 Å². The summed E-state index contributed by atoms with van der Waals surface area (Å²) in [7, 11) is 0. The van der Waals surface area contributed by atoms with Crippen molar-refractivity contribution in [1.82, 2.24) is 0 Å². The number of cyclic esters (lactones) is 1. The number of ether oxygens (including phenoxy) is 1. The summed E-state index contributed by atoms with van der Waals surface area (Å²) in [4.78, 5) is 13.0. The predicted octanol–water partition coefficient (Wildman–Crippen LogP) is 4.85. The third-order valence-corrected chi connectivity index (χ3v) is 4.25. The van der Waals surface area contributed by atoms with Gasteiger partial charge in [-0.2, -0.15) is 0 Å². The molecule has 0 saturated heterocycles. The Labute approximate surface area is 128 Å². The highest BCUT2D eigenvalue weighted by atomic mass is 32.1. The van der Waals surface area contributed by atoms with Gasteiger partial charge in [-0.1, -0.05) is 44.2 Å². The first kappa shape index (κ1) is 13.8. The molecule has 0 radical (unpaired) electrons. The van der Waals surface area contributed by atoms with Crippen LogP contribution in [0.3, 0.4) is 0 Å². The molecule has 2 heterocycles. The maximum absolute atomic E-state index is 11.9. The van der Waals surface area contributed by atoms with Gasteiger partial charge in [0.05, 0.1) is 5.57 Å². The van der Waals surface area contributed by atoms with Gasteiger partial charge in [-0.3, -0.25) is 0 Å². The van der Waals surface area contributed by atoms with E-state index >= 15 is 0 Å². The summed E-state index contributed by atoms with van der Waals surface area (Å²) in [6.45, 7) is 4.32. The van der Waals surface area contributed by atoms with Gasteiger partial charge in [-0.05, 0) is 35.1 Å². The lowest BCUT2D eigenvalue weighted by Gasteiger charge is -2.06. The molecule has 0 bridgehead atoms. The summed E-state index contributed by atoms with van der Waals surface area (Å²) in [5, 5.41) is 1.99. The van der Waals surface area contributed by atoms with Crippen LogP contribution in [0.1, 0.15) is 35.8 Å². The molecule has 2 aromatic rings. The number of hydrogen-bond acceptors (Lipinski definition) is 3. The summed E-state index contributed by atoms with van der Waals surface area (Å²) < 4.78 is 5.37. The van der Waals surface area contributed by atoms with Crippen LogP contribution in [0, 0.1) is 0 Å². The summed E-state index contributed by atoms with van der Waals surface area (Å²) in [5.41, 5.74) is 2.81. The van der Waals surface area contributed by atoms with Gasteiger partial charge in [0, 0.05) is 10.4 Å². The molecule has 3 rings (SSSR count). The molecule has 0 spiro atoms. The SMILES string of the molecule is CC(C)c1ccc(C2=C/C(=C/c3cccs3)C(=O)O2)cc1. The predicted molar refractivity (Wildman–Crippen MR) is 86.9 cm³/mol. The largest absolute Gasteiger partial charge is 0.422 e. The van der Waals surface area contributed by atoms with E-state index in [-0.39, 0.29) is 5.97 Å². The van der Waals surface area contributed by atoms with Crippen LogP contribution in [0.4, 0.5) is 0 Å². The van der Waals surface area contributed by atoms with Crippen molar-refractivity contribution in [1.29, 1.82) is 0 Å². The number of carbonyl (C=O) groups excluding carboxylic acids is 1. The third kappa shape index (κ3) is 2.98. The Balaban J connectivity index is 1.88. The van der Waals surface area contributed by atoms with Gasteiger partial charge in [0.1, 0.15) is 5.76 Å². The van der Waals surface area contributed by atoms with Crippen molar-refractivity contribution in [3.05, 3.63) is 69.4 Å². The Morgan fingerprint density at radius 2 is 1.90 bits per heavy atom. The van der Waals surface area contributed by atoms with Crippen molar-refractivity contribution in [2.24, 2.45) is 0 Å². The number of carbonyl (C=O) groups is 1. The fraction of sp³-hybridized carbons (Fsp3) is 0.167. The first-order chi connectivity index (χ1) is 10.1. The lowest BCUT2D eigenvalue weighted by atomic mass is 10.0. The molecule has 1 aliphatic heterocycles. The summed E-state index contributed by atoms with van der Waals surface area (Å²) >= 11 is 1.60. The molecule has 0 aliphatic carbocycles. The number of esters is 1. The average molecular weight is 296 g/mol. The van der Waals surface area contributed by atoms with Crippen molar-refractivity contribution < 1.29 is 9.53 Å². The molecule has 0 unspecified atom stereocenters. The molecule has 2 nitrogen and oxygen atoms in total. The third-order valence-electron chi connectivity index (χ3n) is 3.43. The molecule has 0 amide bonds. The summed E-state index contributed by atoms with van der Waals surface area (Å²) in [6, 6.07) is 12.1. The number of hydrogen-bond donors (Lipinski definition) is 0. The standard InChI is InChI=1S/C18H16O2S/c1-12(2)13-5-7-14(8-6-13)17-11-15(18(19)20-17)10-16-4-3-9-21-16/h3-12H,1-2H3/b15-10-. The molecule has 3 heteroatoms. The van der Waals surface area contributed by atoms with Gasteiger partial charge in [0.15, 0.2) is 0 Å². The van der Waals surface area contributed by atoms with Crippen LogP contribution >= 0.6 is 11.3 Å². The molecular weight excluding hydrogens is 280 g/mol. The molecule has 1 aliphatic rings. The second-order valence-corrected chi connectivity index (χ2v) is 6.27. The van der Waals surface area contributed by atoms with Crippen LogP contribution in [-0.2, 0) is 9.53 Å². The second-order valence-electron chi connectivity index (χ2n) is 5.29. The fourth-order valence-electron chi connectivity index (χ4n) is 2.19. The second kappa shape index (κ2) is 5.70. The molecule has 1 aromatic heterocycles.